The lowest BCUT2D eigenvalue weighted by molar-refractivity contribution is 0.300. The Morgan fingerprint density at radius 3 is 2.56 bits per heavy atom. The van der Waals surface area contributed by atoms with Gasteiger partial charge in [0, 0.05) is 23.2 Å². The lowest BCUT2D eigenvalue weighted by atomic mass is 9.80. The minimum absolute atomic E-state index is 0.466. The van der Waals surface area contributed by atoms with E-state index < -0.39 is 11.6 Å². The number of rotatable bonds is 3. The van der Waals surface area contributed by atoms with Crippen molar-refractivity contribution in [2.45, 2.75) is 45.4 Å². The van der Waals surface area contributed by atoms with Gasteiger partial charge < -0.3 is 0 Å². The normalized spacial score (nSPS) is 20.0. The second-order valence-corrected chi connectivity index (χ2v) is 6.83. The molecular formula is C22H23F2N. The molecule has 0 atom stereocenters. The van der Waals surface area contributed by atoms with Crippen molar-refractivity contribution in [3.05, 3.63) is 53.7 Å². The molecule has 0 aliphatic heterocycles. The van der Waals surface area contributed by atoms with Gasteiger partial charge in [-0.25, -0.2) is 8.78 Å². The van der Waals surface area contributed by atoms with E-state index in [9.17, 15) is 8.78 Å². The fourth-order valence-corrected chi connectivity index (χ4v) is 3.51. The largest absolute Gasteiger partial charge is 0.256 e. The first-order chi connectivity index (χ1) is 12.2. The highest BCUT2D eigenvalue weighted by Gasteiger charge is 2.18. The third-order valence-electron chi connectivity index (χ3n) is 4.94. The quantitative estimate of drug-likeness (QED) is 0.626. The molecular weight excluding hydrogens is 316 g/mol. The van der Waals surface area contributed by atoms with Gasteiger partial charge in [0.1, 0.15) is 0 Å². The maximum atomic E-state index is 13.4. The molecule has 0 amide bonds. The monoisotopic (exact) mass is 339 g/mol. The summed E-state index contributed by atoms with van der Waals surface area (Å²) in [5.74, 6) is 6.26. The first-order valence-corrected chi connectivity index (χ1v) is 9.08. The first-order valence-electron chi connectivity index (χ1n) is 9.08. The van der Waals surface area contributed by atoms with Gasteiger partial charge in [0.25, 0.3) is 0 Å². The second kappa shape index (κ2) is 8.25. The van der Waals surface area contributed by atoms with Gasteiger partial charge in [0.2, 0.25) is 0 Å². The van der Waals surface area contributed by atoms with Gasteiger partial charge in [-0.05, 0) is 61.9 Å². The Morgan fingerprint density at radius 2 is 1.84 bits per heavy atom. The Bertz CT molecular complexity index is 780. The molecule has 3 rings (SSSR count). The zero-order valence-corrected chi connectivity index (χ0v) is 14.6. The minimum Gasteiger partial charge on any atom is -0.256 e. The highest BCUT2D eigenvalue weighted by molar-refractivity contribution is 5.61. The lowest BCUT2D eigenvalue weighted by Crippen LogP contribution is -2.13. The maximum Gasteiger partial charge on any atom is 0.159 e. The molecule has 1 aliphatic rings. The van der Waals surface area contributed by atoms with Crippen LogP contribution in [0.1, 0.15) is 51.0 Å². The third-order valence-corrected chi connectivity index (χ3v) is 4.94. The van der Waals surface area contributed by atoms with Crippen molar-refractivity contribution in [3.63, 3.8) is 0 Å². The Hall–Kier alpha value is -2.21. The van der Waals surface area contributed by atoms with Crippen LogP contribution in [-0.2, 0) is 0 Å². The average Bonchev–Trinajstić information content (AvgIpc) is 2.64. The van der Waals surface area contributed by atoms with E-state index in [1.807, 2.05) is 12.1 Å². The molecule has 1 aromatic heterocycles. The smallest absolute Gasteiger partial charge is 0.159 e. The minimum atomic E-state index is -0.861. The van der Waals surface area contributed by atoms with Crippen LogP contribution < -0.4 is 0 Å². The van der Waals surface area contributed by atoms with Gasteiger partial charge in [-0.2, -0.15) is 0 Å². The number of nitrogens with zero attached hydrogens (tertiary/aromatic N) is 1. The summed E-state index contributed by atoms with van der Waals surface area (Å²) in [4.78, 5) is 4.25. The molecule has 130 valence electrons. The van der Waals surface area contributed by atoms with Gasteiger partial charge in [-0.3, -0.25) is 4.98 Å². The molecule has 25 heavy (non-hydrogen) atoms. The summed E-state index contributed by atoms with van der Waals surface area (Å²) < 4.78 is 26.5. The van der Waals surface area contributed by atoms with E-state index in [4.69, 9.17) is 0 Å². The summed E-state index contributed by atoms with van der Waals surface area (Å²) in [6.07, 6.45) is 9.19. The van der Waals surface area contributed by atoms with Crippen molar-refractivity contribution < 1.29 is 8.78 Å². The molecule has 1 aromatic carbocycles. The van der Waals surface area contributed by atoms with Gasteiger partial charge in [0.05, 0.1) is 5.69 Å². The fourth-order valence-electron chi connectivity index (χ4n) is 3.51. The van der Waals surface area contributed by atoms with Crippen LogP contribution in [0.15, 0.2) is 36.5 Å². The summed E-state index contributed by atoms with van der Waals surface area (Å²) in [6, 6.07) is 7.53. The summed E-state index contributed by atoms with van der Waals surface area (Å²) in [5, 5.41) is 0. The van der Waals surface area contributed by atoms with Crippen LogP contribution in [0.25, 0.3) is 11.3 Å². The molecule has 0 unspecified atom stereocenters. The van der Waals surface area contributed by atoms with Crippen LogP contribution in [0.4, 0.5) is 8.78 Å². The molecule has 1 fully saturated rings. The van der Waals surface area contributed by atoms with Crippen LogP contribution in [-0.4, -0.2) is 4.98 Å². The van der Waals surface area contributed by atoms with Crippen molar-refractivity contribution >= 4 is 0 Å². The van der Waals surface area contributed by atoms with Gasteiger partial charge in [-0.1, -0.05) is 31.6 Å². The fraction of sp³-hybridized carbons (Fsp3) is 0.409. The number of hydrogen-bond acceptors (Lipinski definition) is 1. The summed E-state index contributed by atoms with van der Waals surface area (Å²) in [6.45, 7) is 2.25. The predicted octanol–water partition coefficient (Wildman–Crippen LogP) is 5.98. The molecule has 0 radical (unpaired) electrons. The van der Waals surface area contributed by atoms with E-state index in [0.29, 0.717) is 17.2 Å². The number of aromatic nitrogens is 1. The summed E-state index contributed by atoms with van der Waals surface area (Å²) in [7, 11) is 0. The van der Waals surface area contributed by atoms with Crippen molar-refractivity contribution in [1.82, 2.24) is 4.98 Å². The molecule has 0 saturated heterocycles. The van der Waals surface area contributed by atoms with Crippen LogP contribution in [0.5, 0.6) is 0 Å². The maximum absolute atomic E-state index is 13.4. The zero-order chi connectivity index (χ0) is 17.6. The Kier molecular flexibility index (Phi) is 5.81. The van der Waals surface area contributed by atoms with Crippen LogP contribution >= 0.6 is 0 Å². The number of pyridine rings is 1. The van der Waals surface area contributed by atoms with Crippen LogP contribution in [0, 0.1) is 35.3 Å². The molecule has 0 bridgehead atoms. The Balaban J connectivity index is 1.70. The topological polar surface area (TPSA) is 12.9 Å². The zero-order valence-electron chi connectivity index (χ0n) is 14.6. The summed E-state index contributed by atoms with van der Waals surface area (Å²) >= 11 is 0. The van der Waals surface area contributed by atoms with E-state index in [-0.39, 0.29) is 0 Å². The van der Waals surface area contributed by atoms with E-state index in [1.165, 1.54) is 50.7 Å². The Labute approximate surface area is 148 Å². The SMILES string of the molecule is CCCC1CCC(C#Cc2ccnc(-c3ccc(F)c(F)c3)c2)CC1. The van der Waals surface area contributed by atoms with Crippen LogP contribution in [0.2, 0.25) is 0 Å². The standard InChI is InChI=1S/C22H23F2N/c1-2-3-16-4-6-17(7-5-16)8-9-18-12-13-25-22(14-18)19-10-11-20(23)21(24)15-19/h10-17H,2-7H2,1H3. The van der Waals surface area contributed by atoms with E-state index in [2.05, 4.69) is 23.7 Å². The number of halogens is 2. The third kappa shape index (κ3) is 4.66. The van der Waals surface area contributed by atoms with Gasteiger partial charge in [0.15, 0.2) is 11.6 Å². The molecule has 0 spiro atoms. The highest BCUT2D eigenvalue weighted by Crippen LogP contribution is 2.31. The molecule has 1 nitrogen and oxygen atoms in total. The van der Waals surface area contributed by atoms with Crippen molar-refractivity contribution in [2.24, 2.45) is 11.8 Å². The number of benzene rings is 1. The van der Waals surface area contributed by atoms with E-state index in [1.54, 1.807) is 6.20 Å². The predicted molar refractivity (Wildman–Crippen MR) is 96.8 cm³/mol. The second-order valence-electron chi connectivity index (χ2n) is 6.83. The molecule has 3 heteroatoms. The Morgan fingerprint density at radius 1 is 1.04 bits per heavy atom. The van der Waals surface area contributed by atoms with Crippen molar-refractivity contribution in [3.8, 4) is 23.1 Å². The molecule has 2 aromatic rings. The lowest BCUT2D eigenvalue weighted by Gasteiger charge is -2.25. The highest BCUT2D eigenvalue weighted by atomic mass is 19.2. The molecule has 1 heterocycles. The average molecular weight is 339 g/mol. The first kappa shape index (κ1) is 17.6. The van der Waals surface area contributed by atoms with E-state index >= 15 is 0 Å². The van der Waals surface area contributed by atoms with E-state index in [0.717, 1.165) is 17.5 Å². The van der Waals surface area contributed by atoms with Crippen molar-refractivity contribution in [1.29, 1.82) is 0 Å². The van der Waals surface area contributed by atoms with Crippen LogP contribution in [0.3, 0.4) is 0 Å². The van der Waals surface area contributed by atoms with Gasteiger partial charge in [-0.15, -0.1) is 0 Å². The van der Waals surface area contributed by atoms with Crippen molar-refractivity contribution in [2.75, 3.05) is 0 Å². The molecule has 1 saturated carbocycles. The number of hydrogen-bond donors (Lipinski definition) is 0. The molecule has 0 N–H and O–H groups in total. The molecule has 1 aliphatic carbocycles. The van der Waals surface area contributed by atoms with Gasteiger partial charge >= 0.3 is 0 Å². The summed E-state index contributed by atoms with van der Waals surface area (Å²) in [5.41, 5.74) is 2.03.